The largest absolute Gasteiger partial charge is 0.508 e. The van der Waals surface area contributed by atoms with E-state index in [2.05, 4.69) is 13.8 Å². The lowest BCUT2D eigenvalue weighted by Gasteiger charge is -2.12. The van der Waals surface area contributed by atoms with Crippen molar-refractivity contribution in [2.24, 2.45) is 0 Å². The predicted octanol–water partition coefficient (Wildman–Crippen LogP) is 3.46. The van der Waals surface area contributed by atoms with Gasteiger partial charge in [-0.1, -0.05) is 26.7 Å². The Kier molecular flexibility index (Phi) is 6.19. The van der Waals surface area contributed by atoms with Gasteiger partial charge >= 0.3 is 0 Å². The smallest absolute Gasteiger partial charge is 0.201 e. The Morgan fingerprint density at radius 3 is 1.72 bits per heavy atom. The highest BCUT2D eigenvalue weighted by Crippen LogP contribution is 2.40. The van der Waals surface area contributed by atoms with Gasteiger partial charge in [-0.3, -0.25) is 0 Å². The number of phenolic OH excluding ortho intramolecular Hbond substituents is 2. The summed E-state index contributed by atoms with van der Waals surface area (Å²) in [7, 11) is 0. The molecule has 102 valence electrons. The zero-order chi connectivity index (χ0) is 13.4. The van der Waals surface area contributed by atoms with E-state index in [9.17, 15) is 10.2 Å². The molecule has 4 nitrogen and oxygen atoms in total. The lowest BCUT2D eigenvalue weighted by molar-refractivity contribution is 0.265. The number of unbranched alkanes of at least 4 members (excludes halogenated alkanes) is 2. The molecule has 4 heteroatoms. The SMILES string of the molecule is CCCCOc1cc(O)cc(OCCCC)c1O. The summed E-state index contributed by atoms with van der Waals surface area (Å²) in [6, 6.07) is 2.80. The van der Waals surface area contributed by atoms with Crippen LogP contribution in [0.1, 0.15) is 39.5 Å². The minimum absolute atomic E-state index is 0.0331. The first kappa shape index (κ1) is 14.5. The first-order valence-corrected chi connectivity index (χ1v) is 6.50. The van der Waals surface area contributed by atoms with Gasteiger partial charge in [0.15, 0.2) is 11.5 Å². The molecule has 1 rings (SSSR count). The van der Waals surface area contributed by atoms with Crippen LogP contribution in [0.5, 0.6) is 23.0 Å². The van der Waals surface area contributed by atoms with Gasteiger partial charge in [-0.2, -0.15) is 0 Å². The number of aromatic hydroxyl groups is 2. The molecule has 0 amide bonds. The molecule has 0 aliphatic rings. The number of hydrogen-bond acceptors (Lipinski definition) is 4. The summed E-state index contributed by atoms with van der Waals surface area (Å²) in [5.41, 5.74) is 0. The fourth-order valence-corrected chi connectivity index (χ4v) is 1.44. The maximum absolute atomic E-state index is 9.95. The third kappa shape index (κ3) is 4.35. The summed E-state index contributed by atoms with van der Waals surface area (Å²) < 4.78 is 10.8. The number of benzene rings is 1. The first-order chi connectivity index (χ1) is 8.69. The molecule has 1 aromatic carbocycles. The summed E-state index contributed by atoms with van der Waals surface area (Å²) in [5, 5.41) is 19.5. The molecule has 0 radical (unpaired) electrons. The van der Waals surface area contributed by atoms with Crippen molar-refractivity contribution in [2.45, 2.75) is 39.5 Å². The van der Waals surface area contributed by atoms with Crippen molar-refractivity contribution in [3.05, 3.63) is 12.1 Å². The van der Waals surface area contributed by atoms with E-state index >= 15 is 0 Å². The number of rotatable bonds is 8. The fourth-order valence-electron chi connectivity index (χ4n) is 1.44. The molecule has 0 aliphatic heterocycles. The second kappa shape index (κ2) is 7.69. The zero-order valence-corrected chi connectivity index (χ0v) is 11.1. The van der Waals surface area contributed by atoms with Crippen molar-refractivity contribution in [3.8, 4) is 23.0 Å². The van der Waals surface area contributed by atoms with Crippen molar-refractivity contribution in [2.75, 3.05) is 13.2 Å². The maximum atomic E-state index is 9.95. The molecule has 0 bridgehead atoms. The maximum Gasteiger partial charge on any atom is 0.201 e. The molecule has 0 saturated heterocycles. The van der Waals surface area contributed by atoms with E-state index in [1.807, 2.05) is 0 Å². The minimum atomic E-state index is -0.0417. The van der Waals surface area contributed by atoms with Crippen LogP contribution in [0.25, 0.3) is 0 Å². The molecule has 1 aromatic rings. The van der Waals surface area contributed by atoms with Crippen molar-refractivity contribution in [3.63, 3.8) is 0 Å². The lowest BCUT2D eigenvalue weighted by Crippen LogP contribution is -2.00. The van der Waals surface area contributed by atoms with E-state index < -0.39 is 0 Å². The highest BCUT2D eigenvalue weighted by molar-refractivity contribution is 5.54. The standard InChI is InChI=1S/C14H22O4/c1-3-5-7-17-12-9-11(15)10-13(14(12)16)18-8-6-4-2/h9-10,15-16H,3-8H2,1-2H3. The van der Waals surface area contributed by atoms with Gasteiger partial charge in [0.2, 0.25) is 5.75 Å². The van der Waals surface area contributed by atoms with Gasteiger partial charge in [0.05, 0.1) is 13.2 Å². The first-order valence-electron chi connectivity index (χ1n) is 6.50. The molecule has 0 aromatic heterocycles. The number of hydrogen-bond donors (Lipinski definition) is 2. The molecule has 0 fully saturated rings. The Hall–Kier alpha value is -1.58. The van der Waals surface area contributed by atoms with Crippen molar-refractivity contribution >= 4 is 0 Å². The second-order valence-electron chi connectivity index (χ2n) is 4.19. The fraction of sp³-hybridized carbons (Fsp3) is 0.571. The van der Waals surface area contributed by atoms with Crippen LogP contribution in [0.4, 0.5) is 0 Å². The quantitative estimate of drug-likeness (QED) is 0.551. The van der Waals surface area contributed by atoms with Gasteiger partial charge in [0.25, 0.3) is 0 Å². The molecule has 18 heavy (non-hydrogen) atoms. The molecular formula is C14H22O4. The minimum Gasteiger partial charge on any atom is -0.508 e. The monoisotopic (exact) mass is 254 g/mol. The van der Waals surface area contributed by atoms with Gasteiger partial charge in [0, 0.05) is 12.1 Å². The zero-order valence-electron chi connectivity index (χ0n) is 11.1. The van der Waals surface area contributed by atoms with Crippen molar-refractivity contribution in [1.29, 1.82) is 0 Å². The summed E-state index contributed by atoms with van der Waals surface area (Å²) in [5.74, 6) is 0.538. The van der Waals surface area contributed by atoms with Crippen LogP contribution in [0.2, 0.25) is 0 Å². The molecule has 0 spiro atoms. The highest BCUT2D eigenvalue weighted by Gasteiger charge is 2.12. The molecule has 2 N–H and O–H groups in total. The van der Waals surface area contributed by atoms with E-state index in [-0.39, 0.29) is 23.0 Å². The van der Waals surface area contributed by atoms with Gasteiger partial charge in [0.1, 0.15) is 5.75 Å². The lowest BCUT2D eigenvalue weighted by atomic mass is 10.2. The van der Waals surface area contributed by atoms with Crippen LogP contribution in [0, 0.1) is 0 Å². The Balaban J connectivity index is 2.71. The second-order valence-corrected chi connectivity index (χ2v) is 4.19. The van der Waals surface area contributed by atoms with Crippen LogP contribution in [-0.4, -0.2) is 23.4 Å². The normalized spacial score (nSPS) is 10.3. The molecule has 0 heterocycles. The third-order valence-corrected chi connectivity index (χ3v) is 2.54. The van der Waals surface area contributed by atoms with E-state index in [1.54, 1.807) is 0 Å². The Morgan fingerprint density at radius 2 is 1.33 bits per heavy atom. The summed E-state index contributed by atoms with van der Waals surface area (Å²) in [6.45, 7) is 5.15. The van der Waals surface area contributed by atoms with E-state index in [0.717, 1.165) is 25.7 Å². The summed E-state index contributed by atoms with van der Waals surface area (Å²) in [4.78, 5) is 0. The van der Waals surface area contributed by atoms with Crippen LogP contribution in [0.3, 0.4) is 0 Å². The molecule has 0 unspecified atom stereocenters. The van der Waals surface area contributed by atoms with Crippen LogP contribution >= 0.6 is 0 Å². The average molecular weight is 254 g/mol. The van der Waals surface area contributed by atoms with Crippen LogP contribution in [0.15, 0.2) is 12.1 Å². The molecule has 0 aliphatic carbocycles. The number of phenols is 2. The molecule has 0 atom stereocenters. The van der Waals surface area contributed by atoms with Crippen molar-refractivity contribution < 1.29 is 19.7 Å². The van der Waals surface area contributed by atoms with Gasteiger partial charge < -0.3 is 19.7 Å². The summed E-state index contributed by atoms with van der Waals surface area (Å²) >= 11 is 0. The van der Waals surface area contributed by atoms with Gasteiger partial charge in [-0.25, -0.2) is 0 Å². The van der Waals surface area contributed by atoms with E-state index in [1.165, 1.54) is 12.1 Å². The van der Waals surface area contributed by atoms with E-state index in [4.69, 9.17) is 9.47 Å². The van der Waals surface area contributed by atoms with Gasteiger partial charge in [-0.15, -0.1) is 0 Å². The van der Waals surface area contributed by atoms with Crippen LogP contribution < -0.4 is 9.47 Å². The third-order valence-electron chi connectivity index (χ3n) is 2.54. The topological polar surface area (TPSA) is 58.9 Å². The highest BCUT2D eigenvalue weighted by atomic mass is 16.5. The predicted molar refractivity (Wildman–Crippen MR) is 70.6 cm³/mol. The number of ether oxygens (including phenoxy) is 2. The van der Waals surface area contributed by atoms with Crippen LogP contribution in [-0.2, 0) is 0 Å². The molecule has 0 saturated carbocycles. The summed E-state index contributed by atoms with van der Waals surface area (Å²) in [6.07, 6.45) is 3.83. The molecular weight excluding hydrogens is 232 g/mol. The van der Waals surface area contributed by atoms with Gasteiger partial charge in [-0.05, 0) is 12.8 Å². The Morgan fingerprint density at radius 1 is 0.889 bits per heavy atom. The Labute approximate surface area is 108 Å². The average Bonchev–Trinajstić information content (AvgIpc) is 2.35. The van der Waals surface area contributed by atoms with Crippen molar-refractivity contribution in [1.82, 2.24) is 0 Å². The Bertz CT molecular complexity index is 332. The van der Waals surface area contributed by atoms with E-state index in [0.29, 0.717) is 13.2 Å².